The van der Waals surface area contributed by atoms with Gasteiger partial charge in [-0.1, -0.05) is 13.3 Å². The van der Waals surface area contributed by atoms with Gasteiger partial charge in [-0.05, 0) is 27.2 Å². The Morgan fingerprint density at radius 3 is 2.60 bits per heavy atom. The van der Waals surface area contributed by atoms with Crippen molar-refractivity contribution >= 4 is 11.5 Å². The summed E-state index contributed by atoms with van der Waals surface area (Å²) < 4.78 is 7.12. The van der Waals surface area contributed by atoms with Gasteiger partial charge in [0.1, 0.15) is 5.69 Å². The highest BCUT2D eigenvalue weighted by Gasteiger charge is 2.27. The van der Waals surface area contributed by atoms with E-state index in [-0.39, 0.29) is 10.6 Å². The first-order valence-corrected chi connectivity index (χ1v) is 6.90. The molecule has 0 aliphatic rings. The Bertz CT molecular complexity index is 468. The molecular formula is C13H24N4O3. The molecule has 1 aromatic rings. The SMILES string of the molecule is CCCc1nn(C)c(NCC(C)(C)OCC)c1[N+](=O)[O-]. The van der Waals surface area contributed by atoms with E-state index in [1.165, 1.54) is 4.68 Å². The molecule has 0 bridgehead atoms. The predicted octanol–water partition coefficient (Wildman–Crippen LogP) is 2.51. The largest absolute Gasteiger partial charge is 0.374 e. The maximum Gasteiger partial charge on any atom is 0.333 e. The van der Waals surface area contributed by atoms with Gasteiger partial charge in [0.15, 0.2) is 0 Å². The zero-order valence-electron chi connectivity index (χ0n) is 12.9. The summed E-state index contributed by atoms with van der Waals surface area (Å²) in [6.45, 7) is 8.87. The summed E-state index contributed by atoms with van der Waals surface area (Å²) in [5, 5.41) is 18.6. The van der Waals surface area contributed by atoms with Gasteiger partial charge in [-0.2, -0.15) is 5.10 Å². The van der Waals surface area contributed by atoms with Crippen LogP contribution in [0.1, 0.15) is 39.8 Å². The summed E-state index contributed by atoms with van der Waals surface area (Å²) >= 11 is 0. The van der Waals surface area contributed by atoms with Crippen LogP contribution in [0.25, 0.3) is 0 Å². The van der Waals surface area contributed by atoms with Gasteiger partial charge in [0.05, 0.1) is 10.5 Å². The number of nitrogens with zero attached hydrogens (tertiary/aromatic N) is 3. The van der Waals surface area contributed by atoms with E-state index in [1.54, 1.807) is 7.05 Å². The summed E-state index contributed by atoms with van der Waals surface area (Å²) in [7, 11) is 1.71. The standard InChI is InChI=1S/C13H24N4O3/c1-6-8-10-11(17(18)19)12(16(5)15-10)14-9-13(3,4)20-7-2/h14H,6-9H2,1-5H3. The van der Waals surface area contributed by atoms with E-state index >= 15 is 0 Å². The van der Waals surface area contributed by atoms with Crippen molar-refractivity contribution in [2.24, 2.45) is 7.05 Å². The zero-order chi connectivity index (χ0) is 15.3. The fourth-order valence-corrected chi connectivity index (χ4v) is 2.10. The molecule has 1 rings (SSSR count). The Kier molecular flexibility index (Phi) is 5.50. The molecule has 1 heterocycles. The molecule has 0 saturated carbocycles. The second-order valence-electron chi connectivity index (χ2n) is 5.32. The number of nitro groups is 1. The van der Waals surface area contributed by atoms with Crippen LogP contribution in [0.2, 0.25) is 0 Å². The maximum atomic E-state index is 11.3. The van der Waals surface area contributed by atoms with Crippen molar-refractivity contribution in [3.05, 3.63) is 15.8 Å². The van der Waals surface area contributed by atoms with Crippen LogP contribution in [0.3, 0.4) is 0 Å². The number of aromatic nitrogens is 2. The molecule has 0 saturated heterocycles. The average Bonchev–Trinajstić information content (AvgIpc) is 2.63. The zero-order valence-corrected chi connectivity index (χ0v) is 12.9. The highest BCUT2D eigenvalue weighted by atomic mass is 16.6. The maximum absolute atomic E-state index is 11.3. The van der Waals surface area contributed by atoms with Crippen molar-refractivity contribution in [1.29, 1.82) is 0 Å². The first-order valence-electron chi connectivity index (χ1n) is 6.90. The molecule has 7 heteroatoms. The van der Waals surface area contributed by atoms with Crippen LogP contribution in [0.5, 0.6) is 0 Å². The number of hydrogen-bond acceptors (Lipinski definition) is 5. The Hall–Kier alpha value is -1.63. The second kappa shape index (κ2) is 6.69. The lowest BCUT2D eigenvalue weighted by Crippen LogP contribution is -2.34. The van der Waals surface area contributed by atoms with Crippen molar-refractivity contribution in [3.63, 3.8) is 0 Å². The number of rotatable bonds is 8. The molecule has 0 aromatic carbocycles. The van der Waals surface area contributed by atoms with E-state index in [0.717, 1.165) is 6.42 Å². The molecule has 114 valence electrons. The van der Waals surface area contributed by atoms with Crippen LogP contribution in [0, 0.1) is 10.1 Å². The van der Waals surface area contributed by atoms with Crippen molar-refractivity contribution in [3.8, 4) is 0 Å². The van der Waals surface area contributed by atoms with Crippen LogP contribution in [0.4, 0.5) is 11.5 Å². The molecule has 0 fully saturated rings. The molecule has 0 aliphatic heterocycles. The van der Waals surface area contributed by atoms with Crippen LogP contribution in [-0.2, 0) is 18.2 Å². The lowest BCUT2D eigenvalue weighted by Gasteiger charge is -2.25. The molecule has 1 aromatic heterocycles. The Morgan fingerprint density at radius 1 is 1.45 bits per heavy atom. The van der Waals surface area contributed by atoms with E-state index in [9.17, 15) is 10.1 Å². The van der Waals surface area contributed by atoms with E-state index < -0.39 is 5.60 Å². The number of anilines is 1. The van der Waals surface area contributed by atoms with Gasteiger partial charge < -0.3 is 10.1 Å². The number of ether oxygens (including phenoxy) is 1. The minimum atomic E-state index is -0.391. The molecule has 0 atom stereocenters. The summed E-state index contributed by atoms with van der Waals surface area (Å²) in [6, 6.07) is 0. The van der Waals surface area contributed by atoms with Crippen molar-refractivity contribution in [2.75, 3.05) is 18.5 Å². The molecule has 0 radical (unpaired) electrons. The van der Waals surface area contributed by atoms with Gasteiger partial charge in [0, 0.05) is 20.2 Å². The molecular weight excluding hydrogens is 260 g/mol. The molecule has 0 spiro atoms. The quantitative estimate of drug-likeness (QED) is 0.586. The topological polar surface area (TPSA) is 82.2 Å². The highest BCUT2D eigenvalue weighted by Crippen LogP contribution is 2.29. The molecule has 0 aliphatic carbocycles. The van der Waals surface area contributed by atoms with E-state index in [2.05, 4.69) is 10.4 Å². The van der Waals surface area contributed by atoms with Crippen LogP contribution in [-0.4, -0.2) is 33.5 Å². The first-order chi connectivity index (χ1) is 9.32. The number of nitrogens with one attached hydrogen (secondary N) is 1. The minimum absolute atomic E-state index is 0.0710. The van der Waals surface area contributed by atoms with Crippen LogP contribution >= 0.6 is 0 Å². The Balaban J connectivity index is 2.97. The van der Waals surface area contributed by atoms with Crippen molar-refractivity contribution in [2.45, 2.75) is 46.1 Å². The fourth-order valence-electron chi connectivity index (χ4n) is 2.10. The van der Waals surface area contributed by atoms with Crippen LogP contribution < -0.4 is 5.32 Å². The fraction of sp³-hybridized carbons (Fsp3) is 0.769. The van der Waals surface area contributed by atoms with Gasteiger partial charge >= 0.3 is 5.69 Å². The average molecular weight is 284 g/mol. The monoisotopic (exact) mass is 284 g/mol. The van der Waals surface area contributed by atoms with Gasteiger partial charge in [0.2, 0.25) is 5.82 Å². The molecule has 1 N–H and O–H groups in total. The molecule has 20 heavy (non-hydrogen) atoms. The number of aryl methyl sites for hydroxylation is 2. The Labute approximate surface area is 119 Å². The smallest absolute Gasteiger partial charge is 0.333 e. The van der Waals surface area contributed by atoms with Gasteiger partial charge in [-0.15, -0.1) is 0 Å². The molecule has 0 amide bonds. The predicted molar refractivity (Wildman–Crippen MR) is 78.1 cm³/mol. The summed E-state index contributed by atoms with van der Waals surface area (Å²) in [5.41, 5.74) is 0.205. The van der Waals surface area contributed by atoms with E-state index in [1.807, 2.05) is 27.7 Å². The van der Waals surface area contributed by atoms with Crippen molar-refractivity contribution < 1.29 is 9.66 Å². The lowest BCUT2D eigenvalue weighted by atomic mass is 10.1. The lowest BCUT2D eigenvalue weighted by molar-refractivity contribution is -0.384. The van der Waals surface area contributed by atoms with E-state index in [0.29, 0.717) is 31.1 Å². The normalized spacial score (nSPS) is 11.7. The third-order valence-electron chi connectivity index (χ3n) is 2.98. The van der Waals surface area contributed by atoms with Gasteiger partial charge in [-0.3, -0.25) is 10.1 Å². The third kappa shape index (κ3) is 3.93. The molecule has 7 nitrogen and oxygen atoms in total. The van der Waals surface area contributed by atoms with Crippen LogP contribution in [0.15, 0.2) is 0 Å². The van der Waals surface area contributed by atoms with E-state index in [4.69, 9.17) is 4.74 Å². The minimum Gasteiger partial charge on any atom is -0.374 e. The van der Waals surface area contributed by atoms with Gasteiger partial charge in [0.25, 0.3) is 0 Å². The highest BCUT2D eigenvalue weighted by molar-refractivity contribution is 5.60. The number of hydrogen-bond donors (Lipinski definition) is 1. The summed E-state index contributed by atoms with van der Waals surface area (Å²) in [4.78, 5) is 10.9. The first kappa shape index (κ1) is 16.4. The summed E-state index contributed by atoms with van der Waals surface area (Å²) in [5.74, 6) is 0.436. The Morgan fingerprint density at radius 2 is 2.10 bits per heavy atom. The summed E-state index contributed by atoms with van der Waals surface area (Å²) in [6.07, 6.45) is 1.42. The third-order valence-corrected chi connectivity index (χ3v) is 2.98. The van der Waals surface area contributed by atoms with Gasteiger partial charge in [-0.25, -0.2) is 4.68 Å². The molecule has 0 unspecified atom stereocenters. The van der Waals surface area contributed by atoms with Crippen molar-refractivity contribution in [1.82, 2.24) is 9.78 Å². The second-order valence-corrected chi connectivity index (χ2v) is 5.32.